The van der Waals surface area contributed by atoms with E-state index in [9.17, 15) is 4.79 Å². The fourth-order valence-electron chi connectivity index (χ4n) is 2.10. The molecule has 0 aromatic heterocycles. The number of alkyl halides is 1. The number of halogens is 2. The molecule has 1 aliphatic rings. The van der Waals surface area contributed by atoms with E-state index in [0.717, 1.165) is 18.2 Å². The van der Waals surface area contributed by atoms with Gasteiger partial charge in [0.1, 0.15) is 0 Å². The second-order valence-corrected chi connectivity index (χ2v) is 4.95. The molecule has 3 nitrogen and oxygen atoms in total. The average molecular weight is 331 g/mol. The maximum absolute atomic E-state index is 11.1. The molecule has 0 aromatic carbocycles. The Morgan fingerprint density at radius 1 is 1.64 bits per heavy atom. The first-order valence-electron chi connectivity index (χ1n) is 4.65. The zero-order chi connectivity index (χ0) is 10.1. The van der Waals surface area contributed by atoms with Crippen molar-refractivity contribution in [3.8, 4) is 0 Å². The van der Waals surface area contributed by atoms with Gasteiger partial charge >= 0.3 is 5.97 Å². The number of carboxylic acids is 1. The van der Waals surface area contributed by atoms with Crippen LogP contribution in [0.3, 0.4) is 0 Å². The second-order valence-electron chi connectivity index (χ2n) is 4.30. The Bertz CT molecular complexity index is 203. The summed E-state index contributed by atoms with van der Waals surface area (Å²) in [7, 11) is 0. The zero-order valence-corrected chi connectivity index (χ0v) is 11.6. The van der Waals surface area contributed by atoms with Gasteiger partial charge in [-0.2, -0.15) is 0 Å². The van der Waals surface area contributed by atoms with Gasteiger partial charge in [-0.3, -0.25) is 0 Å². The van der Waals surface area contributed by atoms with E-state index >= 15 is 0 Å². The fraction of sp³-hybridized carbons (Fsp3) is 0.889. The summed E-state index contributed by atoms with van der Waals surface area (Å²) in [6, 6.07) is 0.354. The summed E-state index contributed by atoms with van der Waals surface area (Å²) in [6.45, 7) is 4.07. The lowest BCUT2D eigenvalue weighted by atomic mass is 9.69. The molecule has 0 radical (unpaired) electrons. The molecule has 1 aliphatic carbocycles. The molecular weight excluding hydrogens is 314 g/mol. The average Bonchev–Trinajstić information content (AvgIpc) is 1.94. The molecule has 0 amide bonds. The van der Waals surface area contributed by atoms with Crippen molar-refractivity contribution >= 4 is 21.9 Å². The van der Waals surface area contributed by atoms with Crippen LogP contribution in [0, 0.1) is 5.92 Å². The van der Waals surface area contributed by atoms with Crippen LogP contribution in [0.4, 0.5) is 0 Å². The van der Waals surface area contributed by atoms with Crippen LogP contribution in [-0.2, 0) is 4.79 Å². The Kier molecular flexibility index (Phi) is 5.62. The molecule has 1 saturated carbocycles. The second kappa shape index (κ2) is 5.47. The highest BCUT2D eigenvalue weighted by molar-refractivity contribution is 9.09. The highest BCUT2D eigenvalue weighted by atomic mass is 79.9. The third-order valence-corrected chi connectivity index (χ3v) is 3.52. The lowest BCUT2D eigenvalue weighted by molar-refractivity contribution is -0.751. The number of hydrogen-bond donors (Lipinski definition) is 2. The van der Waals surface area contributed by atoms with E-state index in [4.69, 9.17) is 5.11 Å². The normalized spacial score (nSPS) is 30.7. The van der Waals surface area contributed by atoms with Crippen molar-refractivity contribution in [3.05, 3.63) is 0 Å². The first-order chi connectivity index (χ1) is 6.00. The van der Waals surface area contributed by atoms with Crippen molar-refractivity contribution in [2.75, 3.05) is 5.33 Å². The Hall–Kier alpha value is 0.390. The molecule has 0 heterocycles. The van der Waals surface area contributed by atoms with Gasteiger partial charge in [-0.25, -0.2) is 4.79 Å². The van der Waals surface area contributed by atoms with Gasteiger partial charge in [0.05, 0.1) is 6.04 Å². The minimum absolute atomic E-state index is 0. The molecule has 5 heteroatoms. The molecule has 0 aromatic rings. The largest absolute Gasteiger partial charge is 1.00 e. The predicted molar refractivity (Wildman–Crippen MR) is 53.9 cm³/mol. The van der Waals surface area contributed by atoms with Gasteiger partial charge in [-0.05, 0) is 19.8 Å². The summed E-state index contributed by atoms with van der Waals surface area (Å²) in [5.41, 5.74) is -0.521. The van der Waals surface area contributed by atoms with Crippen LogP contribution in [0.5, 0.6) is 0 Å². The lowest BCUT2D eigenvalue weighted by Gasteiger charge is -2.42. The Morgan fingerprint density at radius 2 is 2.14 bits per heavy atom. The zero-order valence-electron chi connectivity index (χ0n) is 8.46. The standard InChI is InChI=1S/C9H16BrNO2.BrH/c1-6(2)11-9(8(12)13)3-7(4-9)5-10;/h6-7,11H,3-5H2,1-2H3,(H,12,13);1H. The Labute approximate surface area is 104 Å². The molecule has 1 fully saturated rings. The molecule has 0 atom stereocenters. The van der Waals surface area contributed by atoms with Gasteiger partial charge in [0.25, 0.3) is 0 Å². The van der Waals surface area contributed by atoms with E-state index in [2.05, 4.69) is 15.9 Å². The Balaban J connectivity index is 0.00000169. The topological polar surface area (TPSA) is 53.9 Å². The third-order valence-electron chi connectivity index (χ3n) is 2.60. The first-order valence-corrected chi connectivity index (χ1v) is 5.78. The number of aliphatic carboxylic acids is 1. The maximum atomic E-state index is 11.1. The highest BCUT2D eigenvalue weighted by Gasteiger charge is 2.54. The number of nitrogens with two attached hydrogens (primary N) is 1. The van der Waals surface area contributed by atoms with Crippen molar-refractivity contribution in [1.29, 1.82) is 0 Å². The summed E-state index contributed by atoms with van der Waals surface area (Å²) >= 11 is 3.39. The van der Waals surface area contributed by atoms with Gasteiger partial charge in [0, 0.05) is 18.2 Å². The van der Waals surface area contributed by atoms with Gasteiger partial charge in [-0.15, -0.1) is 0 Å². The van der Waals surface area contributed by atoms with Crippen molar-refractivity contribution < 1.29 is 32.2 Å². The van der Waals surface area contributed by atoms with Crippen molar-refractivity contribution in [3.63, 3.8) is 0 Å². The van der Waals surface area contributed by atoms with E-state index in [1.807, 2.05) is 19.2 Å². The van der Waals surface area contributed by atoms with E-state index in [1.54, 1.807) is 0 Å². The molecule has 0 bridgehead atoms. The van der Waals surface area contributed by atoms with E-state index < -0.39 is 11.5 Å². The predicted octanol–water partition coefficient (Wildman–Crippen LogP) is -2.41. The molecule has 0 saturated heterocycles. The Morgan fingerprint density at radius 3 is 2.43 bits per heavy atom. The lowest BCUT2D eigenvalue weighted by Crippen LogP contribution is -3.04. The van der Waals surface area contributed by atoms with E-state index in [-0.39, 0.29) is 17.0 Å². The minimum Gasteiger partial charge on any atom is -1.00 e. The summed E-state index contributed by atoms with van der Waals surface area (Å²) in [4.78, 5) is 11.1. The van der Waals surface area contributed by atoms with Crippen LogP contribution < -0.4 is 22.3 Å². The summed E-state index contributed by atoms with van der Waals surface area (Å²) < 4.78 is 0. The SMILES string of the molecule is CC(C)[NH2+]C1(C(=O)O)CC(CBr)C1.[Br-]. The van der Waals surface area contributed by atoms with Crippen LogP contribution >= 0.6 is 15.9 Å². The van der Waals surface area contributed by atoms with Crippen molar-refractivity contribution in [1.82, 2.24) is 0 Å². The molecule has 3 N–H and O–H groups in total. The van der Waals surface area contributed by atoms with Gasteiger partial charge in [0.2, 0.25) is 0 Å². The number of quaternary nitrogens is 1. The maximum Gasteiger partial charge on any atom is 0.365 e. The number of rotatable bonds is 4. The molecule has 0 unspecified atom stereocenters. The van der Waals surface area contributed by atoms with E-state index in [0.29, 0.717) is 12.0 Å². The first kappa shape index (κ1) is 14.4. The number of hydrogen-bond acceptors (Lipinski definition) is 1. The minimum atomic E-state index is -0.654. The number of carboxylic acid groups (broad SMARTS) is 1. The molecule has 1 rings (SSSR count). The van der Waals surface area contributed by atoms with E-state index in [1.165, 1.54) is 0 Å². The van der Waals surface area contributed by atoms with Crippen molar-refractivity contribution in [2.45, 2.75) is 38.3 Å². The summed E-state index contributed by atoms with van der Waals surface area (Å²) in [5, 5.41) is 12.0. The van der Waals surface area contributed by atoms with Crippen LogP contribution in [0.2, 0.25) is 0 Å². The molecule has 0 spiro atoms. The van der Waals surface area contributed by atoms with Crippen LogP contribution in [0.15, 0.2) is 0 Å². The van der Waals surface area contributed by atoms with Crippen molar-refractivity contribution in [2.24, 2.45) is 5.92 Å². The monoisotopic (exact) mass is 329 g/mol. The van der Waals surface area contributed by atoms with Gasteiger partial charge in [-0.1, -0.05) is 15.9 Å². The van der Waals surface area contributed by atoms with Crippen LogP contribution in [0.1, 0.15) is 26.7 Å². The molecule has 0 aliphatic heterocycles. The summed E-state index contributed by atoms with van der Waals surface area (Å²) in [5.74, 6) is -0.107. The van der Waals surface area contributed by atoms with Gasteiger partial charge < -0.3 is 27.4 Å². The smallest absolute Gasteiger partial charge is 0.365 e. The molecular formula is C9H17Br2NO2. The summed E-state index contributed by atoms with van der Waals surface area (Å²) in [6.07, 6.45) is 1.59. The molecule has 14 heavy (non-hydrogen) atoms. The highest BCUT2D eigenvalue weighted by Crippen LogP contribution is 2.36. The third kappa shape index (κ3) is 2.94. The molecule has 84 valence electrons. The quantitative estimate of drug-likeness (QED) is 0.564. The number of carbonyl (C=O) groups is 1. The fourth-order valence-corrected chi connectivity index (χ4v) is 2.56. The van der Waals surface area contributed by atoms with Crippen LogP contribution in [0.25, 0.3) is 0 Å². The van der Waals surface area contributed by atoms with Crippen LogP contribution in [-0.4, -0.2) is 28.0 Å². The van der Waals surface area contributed by atoms with Gasteiger partial charge in [0.15, 0.2) is 5.54 Å².